The summed E-state index contributed by atoms with van der Waals surface area (Å²) in [6.45, 7) is 12.4. The van der Waals surface area contributed by atoms with Crippen molar-refractivity contribution in [3.05, 3.63) is 156 Å². The third-order valence-electron chi connectivity index (χ3n) is 13.7. The van der Waals surface area contributed by atoms with Gasteiger partial charge in [-0.1, -0.05) is 113 Å². The maximum atomic E-state index is 2.83. The maximum absolute atomic E-state index is 2.83. The number of pyridine rings is 1. The highest BCUT2D eigenvalue weighted by atomic mass is 15.3. The van der Waals surface area contributed by atoms with Crippen molar-refractivity contribution >= 4 is 6.08 Å². The van der Waals surface area contributed by atoms with Crippen LogP contribution < -0.4 is 9.13 Å². The number of aromatic nitrogens is 3. The van der Waals surface area contributed by atoms with Gasteiger partial charge in [0.05, 0.1) is 5.56 Å². The second-order valence-corrected chi connectivity index (χ2v) is 15.9. The summed E-state index contributed by atoms with van der Waals surface area (Å²) in [5.74, 6) is 2.73. The van der Waals surface area contributed by atoms with E-state index in [1.807, 2.05) is 0 Å². The van der Waals surface area contributed by atoms with Crippen molar-refractivity contribution in [2.75, 3.05) is 0 Å². The highest BCUT2D eigenvalue weighted by molar-refractivity contribution is 5.74. The fourth-order valence-corrected chi connectivity index (χ4v) is 10.8. The number of allylic oxidation sites excluding steroid dienone is 1. The van der Waals surface area contributed by atoms with Crippen LogP contribution in [-0.4, -0.2) is 4.57 Å². The van der Waals surface area contributed by atoms with Crippen molar-refractivity contribution in [1.29, 1.82) is 0 Å². The zero-order valence-electron chi connectivity index (χ0n) is 31.6. The molecule has 260 valence electrons. The molecule has 2 aliphatic heterocycles. The number of aryl methyl sites for hydroxylation is 2. The lowest BCUT2D eigenvalue weighted by Crippen LogP contribution is -2.69. The van der Waals surface area contributed by atoms with Crippen molar-refractivity contribution in [2.45, 2.75) is 83.1 Å². The molecule has 3 nitrogen and oxygen atoms in total. The van der Waals surface area contributed by atoms with Gasteiger partial charge in [-0.05, 0) is 97.0 Å². The molecule has 9 rings (SSSR count). The molecule has 0 saturated heterocycles. The van der Waals surface area contributed by atoms with Crippen LogP contribution in [0.2, 0.25) is 0 Å². The summed E-state index contributed by atoms with van der Waals surface area (Å²) in [6, 6.07) is 43.2. The minimum Gasteiger partial charge on any atom is -0.217 e. The third-order valence-corrected chi connectivity index (χ3v) is 13.7. The van der Waals surface area contributed by atoms with E-state index in [0.29, 0.717) is 17.8 Å². The van der Waals surface area contributed by atoms with E-state index in [1.54, 1.807) is 0 Å². The summed E-state index contributed by atoms with van der Waals surface area (Å²) in [5, 5.41) is 0. The van der Waals surface area contributed by atoms with Gasteiger partial charge in [-0.15, -0.1) is 0 Å². The summed E-state index contributed by atoms with van der Waals surface area (Å²) < 4.78 is 7.79. The number of hydrogen-bond donors (Lipinski definition) is 0. The molecule has 4 heterocycles. The number of fused-ring (bicyclic) bond motifs is 7. The van der Waals surface area contributed by atoms with Crippen molar-refractivity contribution in [3.63, 3.8) is 0 Å². The van der Waals surface area contributed by atoms with Gasteiger partial charge in [0.25, 0.3) is 5.82 Å². The highest BCUT2D eigenvalue weighted by Gasteiger charge is 2.61. The van der Waals surface area contributed by atoms with Crippen LogP contribution in [0.4, 0.5) is 0 Å². The summed E-state index contributed by atoms with van der Waals surface area (Å²) in [4.78, 5) is 0. The number of hydrogen-bond acceptors (Lipinski definition) is 0. The lowest BCUT2D eigenvalue weighted by Gasteiger charge is -2.50. The molecular weight excluding hydrogens is 631 g/mol. The fourth-order valence-electron chi connectivity index (χ4n) is 10.8. The maximum Gasteiger partial charge on any atom is 0.295 e. The molecule has 0 amide bonds. The number of benzene rings is 4. The first-order valence-electron chi connectivity index (χ1n) is 19.5. The summed E-state index contributed by atoms with van der Waals surface area (Å²) >= 11 is 0. The Morgan fingerprint density at radius 3 is 2.29 bits per heavy atom. The molecule has 3 heteroatoms. The number of imidazole rings is 1. The van der Waals surface area contributed by atoms with Gasteiger partial charge in [-0.2, -0.15) is 4.57 Å². The molecule has 3 aliphatic rings. The molecule has 0 N–H and O–H groups in total. The van der Waals surface area contributed by atoms with Crippen LogP contribution in [-0.2, 0) is 24.4 Å². The van der Waals surface area contributed by atoms with Gasteiger partial charge in [0.15, 0.2) is 17.6 Å². The van der Waals surface area contributed by atoms with Crippen LogP contribution in [0.3, 0.4) is 0 Å². The van der Waals surface area contributed by atoms with E-state index >= 15 is 0 Å². The SMILES string of the molecule is CCC1(CCc2ccc(-c3ccccc3)cc2-c2cccc[n+]2C)c2ccccc2-c2n3c4c([n+]2C1(C)CC)C=CC(C)C4C(C)c1ccccc1-3. The van der Waals surface area contributed by atoms with Crippen molar-refractivity contribution in [1.82, 2.24) is 4.57 Å². The average Bonchev–Trinajstić information content (AvgIpc) is 3.54. The highest BCUT2D eigenvalue weighted by Crippen LogP contribution is 2.57. The Hall–Kier alpha value is -5.02. The largest absolute Gasteiger partial charge is 0.295 e. The van der Waals surface area contributed by atoms with Gasteiger partial charge in [0, 0.05) is 34.6 Å². The second-order valence-electron chi connectivity index (χ2n) is 15.9. The summed E-state index contributed by atoms with van der Waals surface area (Å²) in [7, 11) is 2.17. The van der Waals surface area contributed by atoms with E-state index in [-0.39, 0.29) is 11.0 Å². The molecule has 6 aromatic rings. The normalized spacial score (nSPS) is 23.8. The Kier molecular flexibility index (Phi) is 7.77. The zero-order valence-corrected chi connectivity index (χ0v) is 31.6. The van der Waals surface area contributed by atoms with Crippen molar-refractivity contribution < 1.29 is 9.13 Å². The van der Waals surface area contributed by atoms with Crippen LogP contribution in [0.25, 0.3) is 45.5 Å². The number of nitrogens with zero attached hydrogens (tertiary/aromatic N) is 3. The Morgan fingerprint density at radius 2 is 1.50 bits per heavy atom. The van der Waals surface area contributed by atoms with Gasteiger partial charge in [0.1, 0.15) is 18.3 Å². The molecule has 0 saturated carbocycles. The molecule has 0 radical (unpaired) electrons. The van der Waals surface area contributed by atoms with E-state index in [1.165, 1.54) is 67.5 Å². The lowest BCUT2D eigenvalue weighted by atomic mass is 9.57. The number of para-hydroxylation sites is 1. The van der Waals surface area contributed by atoms with Crippen LogP contribution in [0, 0.1) is 5.92 Å². The minimum absolute atomic E-state index is 0.0875. The average molecular weight is 682 g/mol. The van der Waals surface area contributed by atoms with Gasteiger partial charge in [-0.25, -0.2) is 9.13 Å². The zero-order chi connectivity index (χ0) is 35.8. The Bertz CT molecular complexity index is 2360. The Labute approximate surface area is 309 Å². The molecule has 1 aliphatic carbocycles. The first-order chi connectivity index (χ1) is 25.3. The van der Waals surface area contributed by atoms with Gasteiger partial charge in [-0.3, -0.25) is 0 Å². The molecule has 4 aromatic carbocycles. The van der Waals surface area contributed by atoms with E-state index in [2.05, 4.69) is 189 Å². The molecule has 2 aromatic heterocycles. The van der Waals surface area contributed by atoms with Crippen LogP contribution in [0.5, 0.6) is 0 Å². The van der Waals surface area contributed by atoms with Crippen LogP contribution in [0.1, 0.15) is 93.8 Å². The standard InChI is InChI=1S/C49H51N3/c1-7-48(5)49(8-2,30-29-36-26-27-37(35-18-10-9-11-19-35)32-40(36)42-23-16-17-31-50(42)6)41-22-14-12-21-39(41)47-51-43-24-15-13-20-38(43)34(4)45-33(3)25-28-44(46(45)51)52(47)48/h9-28,31-34,45H,7-8,29-30H2,1-6H3/q+2. The lowest BCUT2D eigenvalue weighted by molar-refractivity contribution is -0.766. The van der Waals surface area contributed by atoms with Crippen molar-refractivity contribution in [2.24, 2.45) is 13.0 Å². The van der Waals surface area contributed by atoms with E-state index < -0.39 is 0 Å². The Morgan fingerprint density at radius 1 is 0.750 bits per heavy atom. The number of rotatable bonds is 7. The molecule has 0 bridgehead atoms. The molecule has 0 spiro atoms. The van der Waals surface area contributed by atoms with Gasteiger partial charge < -0.3 is 0 Å². The van der Waals surface area contributed by atoms with Crippen LogP contribution >= 0.6 is 0 Å². The molecule has 5 unspecified atom stereocenters. The minimum atomic E-state index is -0.152. The topological polar surface area (TPSA) is 12.7 Å². The smallest absolute Gasteiger partial charge is 0.217 e. The fraction of sp³-hybridized carbons (Fsp3) is 0.306. The second kappa shape index (κ2) is 12.3. The van der Waals surface area contributed by atoms with E-state index in [4.69, 9.17) is 0 Å². The van der Waals surface area contributed by atoms with Crippen molar-refractivity contribution in [3.8, 4) is 39.5 Å². The molecular formula is C49H51N3+2. The first kappa shape index (κ1) is 32.9. The first-order valence-corrected chi connectivity index (χ1v) is 19.5. The van der Waals surface area contributed by atoms with E-state index in [0.717, 1.165) is 25.7 Å². The summed E-state index contributed by atoms with van der Waals surface area (Å²) in [6.07, 6.45) is 11.3. The Balaban J connectivity index is 1.25. The monoisotopic (exact) mass is 681 g/mol. The molecule has 0 fully saturated rings. The van der Waals surface area contributed by atoms with E-state index in [9.17, 15) is 0 Å². The molecule has 52 heavy (non-hydrogen) atoms. The third kappa shape index (κ3) is 4.50. The van der Waals surface area contributed by atoms with Crippen LogP contribution in [0.15, 0.2) is 128 Å². The quantitative estimate of drug-likeness (QED) is 0.149. The van der Waals surface area contributed by atoms with Gasteiger partial charge in [0.2, 0.25) is 5.69 Å². The molecule has 5 atom stereocenters. The summed E-state index contributed by atoms with van der Waals surface area (Å²) in [5.41, 5.74) is 14.9. The predicted molar refractivity (Wildman–Crippen MR) is 213 cm³/mol. The predicted octanol–water partition coefficient (Wildman–Crippen LogP) is 10.9. The van der Waals surface area contributed by atoms with Gasteiger partial charge >= 0.3 is 0 Å².